The first kappa shape index (κ1) is 22.1. The van der Waals surface area contributed by atoms with E-state index in [1.165, 1.54) is 34.6 Å². The van der Waals surface area contributed by atoms with Crippen molar-refractivity contribution in [3.8, 4) is 5.75 Å². The summed E-state index contributed by atoms with van der Waals surface area (Å²) in [6.45, 7) is 1.04. The van der Waals surface area contributed by atoms with Gasteiger partial charge in [0.05, 0.1) is 10.6 Å². The molecule has 2 aromatic carbocycles. The van der Waals surface area contributed by atoms with Gasteiger partial charge in [0.2, 0.25) is 15.9 Å². The third-order valence-electron chi connectivity index (χ3n) is 4.65. The van der Waals surface area contributed by atoms with Crippen LogP contribution in [0.5, 0.6) is 5.75 Å². The molecule has 1 N–H and O–H groups in total. The number of alkyl halides is 3. The molecule has 30 heavy (non-hydrogen) atoms. The van der Waals surface area contributed by atoms with Gasteiger partial charge < -0.3 is 10.1 Å². The van der Waals surface area contributed by atoms with Gasteiger partial charge in [-0.25, -0.2) is 8.42 Å². The van der Waals surface area contributed by atoms with Crippen LogP contribution >= 0.6 is 0 Å². The number of ether oxygens (including phenoxy) is 1. The minimum Gasteiger partial charge on any atom is -0.404 e. The Bertz CT molecular complexity index is 986. The molecule has 1 amide bonds. The second-order valence-electron chi connectivity index (χ2n) is 6.85. The van der Waals surface area contributed by atoms with Crippen LogP contribution in [0.3, 0.4) is 0 Å². The molecule has 1 heterocycles. The summed E-state index contributed by atoms with van der Waals surface area (Å²) in [4.78, 5) is 12.4. The second-order valence-corrected chi connectivity index (χ2v) is 8.79. The molecule has 0 bridgehead atoms. The molecular weight excluding hydrogens is 421 g/mol. The van der Waals surface area contributed by atoms with Crippen LogP contribution in [0.25, 0.3) is 0 Å². The predicted octanol–water partition coefficient (Wildman–Crippen LogP) is 3.94. The fraction of sp³-hybridized carbons (Fsp3) is 0.350. The molecule has 3 rings (SSSR count). The number of halogens is 3. The summed E-state index contributed by atoms with van der Waals surface area (Å²) >= 11 is 0. The Hall–Kier alpha value is -2.59. The number of nitrogens with one attached hydrogen (secondary N) is 1. The summed E-state index contributed by atoms with van der Waals surface area (Å²) < 4.78 is 67.8. The van der Waals surface area contributed by atoms with Gasteiger partial charge in [0, 0.05) is 19.5 Å². The third kappa shape index (κ3) is 5.73. The zero-order valence-electron chi connectivity index (χ0n) is 16.0. The minimum absolute atomic E-state index is 0.0125. The van der Waals surface area contributed by atoms with Crippen molar-refractivity contribution in [3.63, 3.8) is 0 Å². The van der Waals surface area contributed by atoms with Crippen molar-refractivity contribution in [2.75, 3.05) is 18.4 Å². The summed E-state index contributed by atoms with van der Waals surface area (Å²) in [6, 6.07) is 11.6. The molecule has 1 fully saturated rings. The van der Waals surface area contributed by atoms with Crippen molar-refractivity contribution in [2.24, 2.45) is 0 Å². The van der Waals surface area contributed by atoms with Crippen molar-refractivity contribution in [2.45, 2.75) is 36.9 Å². The van der Waals surface area contributed by atoms with E-state index in [9.17, 15) is 26.4 Å². The molecule has 1 saturated heterocycles. The summed E-state index contributed by atoms with van der Waals surface area (Å²) in [5.74, 6) is -0.975. The summed E-state index contributed by atoms with van der Waals surface area (Å²) in [5, 5.41) is 2.41. The maximum absolute atomic E-state index is 12.5. The van der Waals surface area contributed by atoms with Gasteiger partial charge in [-0.2, -0.15) is 4.31 Å². The number of nitrogens with zero attached hydrogens (tertiary/aromatic N) is 1. The van der Waals surface area contributed by atoms with Gasteiger partial charge in [0.1, 0.15) is 0 Å². The predicted molar refractivity (Wildman–Crippen MR) is 105 cm³/mol. The van der Waals surface area contributed by atoms with E-state index in [0.717, 1.165) is 24.5 Å². The Morgan fingerprint density at radius 1 is 1.03 bits per heavy atom. The Morgan fingerprint density at radius 2 is 1.67 bits per heavy atom. The number of benzene rings is 2. The first-order valence-electron chi connectivity index (χ1n) is 9.39. The number of anilines is 1. The van der Waals surface area contributed by atoms with Crippen LogP contribution in [0.15, 0.2) is 53.4 Å². The Labute approximate surface area is 172 Å². The lowest BCUT2D eigenvalue weighted by molar-refractivity contribution is -0.274. The van der Waals surface area contributed by atoms with Gasteiger partial charge in [-0.1, -0.05) is 24.3 Å². The normalized spacial score (nSPS) is 15.2. The molecule has 1 aliphatic rings. The fourth-order valence-electron chi connectivity index (χ4n) is 3.16. The highest BCUT2D eigenvalue weighted by atomic mass is 32.2. The van der Waals surface area contributed by atoms with Gasteiger partial charge in [0.25, 0.3) is 0 Å². The number of carbonyl (C=O) groups is 1. The first-order chi connectivity index (χ1) is 14.1. The molecular formula is C20H21F3N2O4S. The van der Waals surface area contributed by atoms with Crippen LogP contribution in [0.2, 0.25) is 0 Å². The number of amides is 1. The number of carbonyl (C=O) groups excluding carboxylic acids is 1. The monoisotopic (exact) mass is 442 g/mol. The Balaban J connectivity index is 1.58. The molecule has 0 spiro atoms. The smallest absolute Gasteiger partial charge is 0.404 e. The fourth-order valence-corrected chi connectivity index (χ4v) is 4.68. The third-order valence-corrected chi connectivity index (χ3v) is 6.57. The largest absolute Gasteiger partial charge is 0.573 e. The molecule has 0 atom stereocenters. The van der Waals surface area contributed by atoms with Crippen molar-refractivity contribution in [1.82, 2.24) is 4.31 Å². The molecule has 0 saturated carbocycles. The maximum atomic E-state index is 12.5. The molecule has 0 radical (unpaired) electrons. The van der Waals surface area contributed by atoms with E-state index in [1.54, 1.807) is 12.1 Å². The maximum Gasteiger partial charge on any atom is 0.573 e. The van der Waals surface area contributed by atoms with Crippen molar-refractivity contribution >= 4 is 21.6 Å². The van der Waals surface area contributed by atoms with E-state index >= 15 is 0 Å². The standard InChI is InChI=1S/C20H21F3N2O4S/c21-20(22,23)29-18-6-2-1-5-17(18)24-19(26)12-9-15-7-10-16(11-8-15)30(27,28)25-13-3-4-14-25/h1-2,5-8,10-11H,3-4,9,12-14H2,(H,24,26). The highest BCUT2D eigenvalue weighted by Gasteiger charge is 2.32. The Kier molecular flexibility index (Phi) is 6.67. The van der Waals surface area contributed by atoms with E-state index < -0.39 is 28.0 Å². The summed E-state index contributed by atoms with van der Waals surface area (Å²) in [5.41, 5.74) is 0.664. The molecule has 162 valence electrons. The van der Waals surface area contributed by atoms with Gasteiger partial charge in [-0.3, -0.25) is 4.79 Å². The topological polar surface area (TPSA) is 75.7 Å². The lowest BCUT2D eigenvalue weighted by atomic mass is 10.1. The van der Waals surface area contributed by atoms with Crippen molar-refractivity contribution < 1.29 is 31.1 Å². The highest BCUT2D eigenvalue weighted by molar-refractivity contribution is 7.89. The number of hydrogen-bond donors (Lipinski definition) is 1. The number of para-hydroxylation sites is 2. The van der Waals surface area contributed by atoms with E-state index in [0.29, 0.717) is 19.5 Å². The molecule has 1 aliphatic heterocycles. The number of sulfonamides is 1. The number of rotatable bonds is 7. The molecule has 0 aromatic heterocycles. The molecule has 10 heteroatoms. The lowest BCUT2D eigenvalue weighted by Crippen LogP contribution is -2.27. The quantitative estimate of drug-likeness (QED) is 0.705. The zero-order valence-corrected chi connectivity index (χ0v) is 16.8. The van der Waals surface area contributed by atoms with Gasteiger partial charge in [-0.15, -0.1) is 13.2 Å². The van der Waals surface area contributed by atoms with Crippen molar-refractivity contribution in [1.29, 1.82) is 0 Å². The van der Waals surface area contributed by atoms with Crippen LogP contribution in [0, 0.1) is 0 Å². The van der Waals surface area contributed by atoms with E-state index in [1.807, 2.05) is 0 Å². The molecule has 0 unspecified atom stereocenters. The minimum atomic E-state index is -4.86. The molecule has 2 aromatic rings. The molecule has 6 nitrogen and oxygen atoms in total. The lowest BCUT2D eigenvalue weighted by Gasteiger charge is -2.15. The second kappa shape index (κ2) is 9.05. The summed E-state index contributed by atoms with van der Waals surface area (Å²) in [6.07, 6.45) is -2.85. The summed E-state index contributed by atoms with van der Waals surface area (Å²) in [7, 11) is -3.50. The Morgan fingerprint density at radius 3 is 2.30 bits per heavy atom. The van der Waals surface area contributed by atoms with Gasteiger partial charge >= 0.3 is 6.36 Å². The highest BCUT2D eigenvalue weighted by Crippen LogP contribution is 2.30. The van der Waals surface area contributed by atoms with Crippen LogP contribution in [-0.4, -0.2) is 38.1 Å². The SMILES string of the molecule is O=C(CCc1ccc(S(=O)(=O)N2CCCC2)cc1)Nc1ccccc1OC(F)(F)F. The molecule has 0 aliphatic carbocycles. The van der Waals surface area contributed by atoms with Crippen LogP contribution < -0.4 is 10.1 Å². The van der Waals surface area contributed by atoms with Crippen LogP contribution in [0.1, 0.15) is 24.8 Å². The van der Waals surface area contributed by atoms with E-state index in [2.05, 4.69) is 10.1 Å². The average molecular weight is 442 g/mol. The van der Waals surface area contributed by atoms with Gasteiger partial charge in [-0.05, 0) is 49.1 Å². The van der Waals surface area contributed by atoms with Gasteiger partial charge in [0.15, 0.2) is 5.75 Å². The van der Waals surface area contributed by atoms with E-state index in [4.69, 9.17) is 0 Å². The zero-order chi connectivity index (χ0) is 21.8. The van der Waals surface area contributed by atoms with Crippen LogP contribution in [0.4, 0.5) is 18.9 Å². The average Bonchev–Trinajstić information content (AvgIpc) is 3.23. The number of hydrogen-bond acceptors (Lipinski definition) is 4. The first-order valence-corrected chi connectivity index (χ1v) is 10.8. The van der Waals surface area contributed by atoms with E-state index in [-0.39, 0.29) is 17.0 Å². The van der Waals surface area contributed by atoms with Crippen LogP contribution in [-0.2, 0) is 21.2 Å². The number of aryl methyl sites for hydroxylation is 1. The van der Waals surface area contributed by atoms with Crippen molar-refractivity contribution in [3.05, 3.63) is 54.1 Å².